The van der Waals surface area contributed by atoms with Crippen molar-refractivity contribution in [2.24, 2.45) is 0 Å². The zero-order chi connectivity index (χ0) is 24.5. The summed E-state index contributed by atoms with van der Waals surface area (Å²) in [5, 5.41) is 12.3. The summed E-state index contributed by atoms with van der Waals surface area (Å²) in [4.78, 5) is 37.6. The monoisotopic (exact) mass is 503 g/mol. The van der Waals surface area contributed by atoms with Crippen LogP contribution < -0.4 is 21.3 Å². The first kappa shape index (κ1) is 25.5. The topological polar surface area (TPSA) is 121 Å². The largest absolute Gasteiger partial charge is 0.338 e. The van der Waals surface area contributed by atoms with E-state index in [4.69, 9.17) is 23.2 Å². The Balaban J connectivity index is 1.97. The highest BCUT2D eigenvalue weighted by Crippen LogP contribution is 2.39. The second kappa shape index (κ2) is 12.3. The Labute approximate surface area is 208 Å². The van der Waals surface area contributed by atoms with E-state index in [0.29, 0.717) is 39.6 Å². The number of carbonyl (C=O) groups is 2. The average molecular weight is 504 g/mol. The molecule has 0 saturated heterocycles. The van der Waals surface area contributed by atoms with E-state index in [1.165, 1.54) is 6.20 Å². The number of rotatable bonds is 9. The number of urea groups is 2. The summed E-state index contributed by atoms with van der Waals surface area (Å²) in [5.74, 6) is 0.324. The molecule has 2 heterocycles. The third kappa shape index (κ3) is 6.68. The maximum absolute atomic E-state index is 12.5. The smallest absolute Gasteiger partial charge is 0.321 e. The van der Waals surface area contributed by atoms with Crippen molar-refractivity contribution in [1.29, 1.82) is 0 Å². The fourth-order valence-corrected chi connectivity index (χ4v) is 3.72. The minimum atomic E-state index is -0.410. The highest BCUT2D eigenvalue weighted by molar-refractivity contribution is 6.39. The third-order valence-corrected chi connectivity index (χ3v) is 5.52. The molecule has 9 nitrogen and oxygen atoms in total. The van der Waals surface area contributed by atoms with E-state index < -0.39 is 12.1 Å². The number of unbranched alkanes of at least 4 members (excludes halogenated alkanes) is 2. The minimum absolute atomic E-state index is 0.0934. The Morgan fingerprint density at radius 2 is 1.53 bits per heavy atom. The van der Waals surface area contributed by atoms with Crippen LogP contribution in [0, 0.1) is 0 Å². The fourth-order valence-electron chi connectivity index (χ4n) is 3.12. The normalized spacial score (nSPS) is 10.7. The molecule has 0 spiro atoms. The number of anilines is 2. The molecule has 11 heteroatoms. The molecule has 0 aliphatic rings. The lowest BCUT2D eigenvalue weighted by Crippen LogP contribution is -2.30. The molecule has 4 N–H and O–H groups in total. The third-order valence-electron chi connectivity index (χ3n) is 4.89. The van der Waals surface area contributed by atoms with E-state index in [0.717, 1.165) is 25.7 Å². The summed E-state index contributed by atoms with van der Waals surface area (Å²) in [6.07, 6.45) is 5.18. The Kier molecular flexibility index (Phi) is 9.24. The van der Waals surface area contributed by atoms with Gasteiger partial charge in [-0.05, 0) is 31.0 Å². The molecular formula is C23H27Cl2N7O2. The maximum Gasteiger partial charge on any atom is 0.321 e. The van der Waals surface area contributed by atoms with E-state index in [1.807, 2.05) is 13.8 Å². The Morgan fingerprint density at radius 1 is 0.912 bits per heavy atom. The van der Waals surface area contributed by atoms with Gasteiger partial charge >= 0.3 is 12.1 Å². The molecular weight excluding hydrogens is 477 g/mol. The lowest BCUT2D eigenvalue weighted by atomic mass is 10.0. The first-order valence-corrected chi connectivity index (χ1v) is 11.9. The van der Waals surface area contributed by atoms with Crippen molar-refractivity contribution in [3.05, 3.63) is 40.5 Å². The molecule has 3 aromatic rings. The maximum atomic E-state index is 12.5. The second-order valence-electron chi connectivity index (χ2n) is 7.56. The van der Waals surface area contributed by atoms with Crippen LogP contribution in [0.2, 0.25) is 10.0 Å². The molecule has 3 rings (SSSR count). The highest BCUT2D eigenvalue weighted by Gasteiger charge is 2.18. The van der Waals surface area contributed by atoms with Crippen molar-refractivity contribution in [1.82, 2.24) is 25.6 Å². The molecule has 0 aliphatic heterocycles. The molecule has 1 aromatic carbocycles. The van der Waals surface area contributed by atoms with Gasteiger partial charge in [-0.25, -0.2) is 19.6 Å². The second-order valence-corrected chi connectivity index (χ2v) is 8.37. The van der Waals surface area contributed by atoms with Gasteiger partial charge in [-0.3, -0.25) is 10.6 Å². The first-order valence-electron chi connectivity index (χ1n) is 11.1. The van der Waals surface area contributed by atoms with Gasteiger partial charge in [-0.1, -0.05) is 56.0 Å². The molecule has 2 aromatic heterocycles. The van der Waals surface area contributed by atoms with Crippen LogP contribution in [0.5, 0.6) is 0 Å². The molecule has 0 atom stereocenters. The summed E-state index contributed by atoms with van der Waals surface area (Å²) in [6, 6.07) is 6.09. The number of carbonyl (C=O) groups excluding carboxylic acids is 2. The van der Waals surface area contributed by atoms with Crippen LogP contribution in [0.25, 0.3) is 22.2 Å². The van der Waals surface area contributed by atoms with Crippen LogP contribution in [-0.2, 0) is 0 Å². The predicted octanol–water partition coefficient (Wildman–Crippen LogP) is 5.84. The van der Waals surface area contributed by atoms with Crippen LogP contribution in [0.4, 0.5) is 21.4 Å². The Morgan fingerprint density at radius 3 is 2.15 bits per heavy atom. The Bertz CT molecular complexity index is 1150. The van der Waals surface area contributed by atoms with Crippen molar-refractivity contribution in [3.8, 4) is 11.1 Å². The van der Waals surface area contributed by atoms with Crippen molar-refractivity contribution in [2.45, 2.75) is 39.5 Å². The molecule has 0 bridgehead atoms. The van der Waals surface area contributed by atoms with Gasteiger partial charge in [0.05, 0.1) is 10.0 Å². The standard InChI is InChI=1S/C23H27Cl2N7O2/c1-3-5-10-26-22(33)31-20-15(18-16(24)8-7-9-17(18)25)12-14-13-28-21(30-19(14)29-20)32-23(34)27-11-6-4-2/h7-9,12-13H,3-6,10-11H2,1-2H3,(H4,26,27,28,29,30,31,32,33,34). The number of nitrogens with zero attached hydrogens (tertiary/aromatic N) is 3. The summed E-state index contributed by atoms with van der Waals surface area (Å²) in [6.45, 7) is 5.16. The van der Waals surface area contributed by atoms with Gasteiger partial charge in [0.15, 0.2) is 5.65 Å². The van der Waals surface area contributed by atoms with E-state index in [9.17, 15) is 9.59 Å². The predicted molar refractivity (Wildman–Crippen MR) is 137 cm³/mol. The molecule has 0 radical (unpaired) electrons. The number of halogens is 2. The van der Waals surface area contributed by atoms with Crippen molar-refractivity contribution >= 4 is 58.1 Å². The van der Waals surface area contributed by atoms with E-state index in [-0.39, 0.29) is 17.4 Å². The van der Waals surface area contributed by atoms with Gasteiger partial charge in [0.2, 0.25) is 5.95 Å². The molecule has 0 unspecified atom stereocenters. The van der Waals surface area contributed by atoms with Gasteiger partial charge in [-0.15, -0.1) is 0 Å². The van der Waals surface area contributed by atoms with Crippen molar-refractivity contribution in [2.75, 3.05) is 23.7 Å². The van der Waals surface area contributed by atoms with E-state index in [1.54, 1.807) is 24.3 Å². The van der Waals surface area contributed by atoms with Gasteiger partial charge in [-0.2, -0.15) is 4.98 Å². The van der Waals surface area contributed by atoms with Crippen molar-refractivity contribution < 1.29 is 9.59 Å². The minimum Gasteiger partial charge on any atom is -0.338 e. The quantitative estimate of drug-likeness (QED) is 0.273. The van der Waals surface area contributed by atoms with Crippen LogP contribution in [0.1, 0.15) is 39.5 Å². The molecule has 4 amide bonds. The van der Waals surface area contributed by atoms with Gasteiger partial charge in [0, 0.05) is 35.8 Å². The number of hydrogen-bond donors (Lipinski definition) is 4. The van der Waals surface area contributed by atoms with Crippen LogP contribution >= 0.6 is 23.2 Å². The first-order chi connectivity index (χ1) is 16.4. The summed E-state index contributed by atoms with van der Waals surface area (Å²) in [5.41, 5.74) is 1.34. The average Bonchev–Trinajstić information content (AvgIpc) is 2.79. The number of hydrogen-bond acceptors (Lipinski definition) is 5. The molecule has 34 heavy (non-hydrogen) atoms. The Hall–Kier alpha value is -3.17. The fraction of sp³-hybridized carbons (Fsp3) is 0.348. The summed E-state index contributed by atoms with van der Waals surface area (Å²) < 4.78 is 0. The van der Waals surface area contributed by atoms with Crippen LogP contribution in [0.3, 0.4) is 0 Å². The molecule has 0 aliphatic carbocycles. The molecule has 0 fully saturated rings. The number of nitrogens with one attached hydrogen (secondary N) is 4. The highest BCUT2D eigenvalue weighted by atomic mass is 35.5. The van der Waals surface area contributed by atoms with Crippen LogP contribution in [0.15, 0.2) is 30.5 Å². The number of fused-ring (bicyclic) bond motifs is 1. The summed E-state index contributed by atoms with van der Waals surface area (Å²) in [7, 11) is 0. The zero-order valence-corrected chi connectivity index (χ0v) is 20.6. The SMILES string of the molecule is CCCCNC(=O)Nc1ncc2cc(-c3c(Cl)cccc3Cl)c(NC(=O)NCCCC)nc2n1. The molecule has 0 saturated carbocycles. The number of aromatic nitrogens is 3. The lowest BCUT2D eigenvalue weighted by Gasteiger charge is -2.15. The van der Waals surface area contributed by atoms with Crippen LogP contribution in [-0.4, -0.2) is 40.1 Å². The zero-order valence-electron chi connectivity index (χ0n) is 19.0. The van der Waals surface area contributed by atoms with E-state index in [2.05, 4.69) is 36.2 Å². The van der Waals surface area contributed by atoms with E-state index >= 15 is 0 Å². The van der Waals surface area contributed by atoms with Gasteiger partial charge in [0.25, 0.3) is 0 Å². The lowest BCUT2D eigenvalue weighted by molar-refractivity contribution is 0.251. The van der Waals surface area contributed by atoms with Crippen molar-refractivity contribution in [3.63, 3.8) is 0 Å². The summed E-state index contributed by atoms with van der Waals surface area (Å²) >= 11 is 12.9. The van der Waals surface area contributed by atoms with Gasteiger partial charge in [0.1, 0.15) is 5.82 Å². The number of pyridine rings is 1. The number of amides is 4. The number of benzene rings is 1. The van der Waals surface area contributed by atoms with Gasteiger partial charge < -0.3 is 10.6 Å². The molecule has 180 valence electrons.